The molecule has 0 aliphatic rings. The van der Waals surface area contributed by atoms with E-state index in [1.54, 1.807) is 12.1 Å². The van der Waals surface area contributed by atoms with Gasteiger partial charge in [0.15, 0.2) is 0 Å². The molecule has 0 unspecified atom stereocenters. The van der Waals surface area contributed by atoms with E-state index in [0.717, 1.165) is 48.9 Å². The largest absolute Gasteiger partial charge is 2.00 e. The molecule has 0 spiro atoms. The van der Waals surface area contributed by atoms with Crippen molar-refractivity contribution in [2.24, 2.45) is 0 Å². The molecule has 284 valence electrons. The Bertz CT molecular complexity index is 1780. The molecule has 0 aliphatic heterocycles. The van der Waals surface area contributed by atoms with Crippen LogP contribution in [0, 0.1) is 0 Å². The number of aryl methyl sites for hydroxylation is 2. The van der Waals surface area contributed by atoms with E-state index in [0.29, 0.717) is 11.5 Å². The van der Waals surface area contributed by atoms with Gasteiger partial charge in [-0.1, -0.05) is 108 Å². The number of hydrogen-bond acceptors (Lipinski definition) is 9. The molecule has 0 amide bonds. The fraction of sp³-hybridized carbons (Fsp3) is 0.400. The van der Waals surface area contributed by atoms with Gasteiger partial charge >= 0.3 is 37.7 Å². The molecular formula is C40H50CaO10S2. The molecule has 13 heteroatoms. The first-order valence-corrected chi connectivity index (χ1v) is 20.8. The molecule has 53 heavy (non-hydrogen) atoms. The number of hydrogen-bond donors (Lipinski definition) is 2. The first kappa shape index (κ1) is 46.3. The Labute approximate surface area is 345 Å². The fourth-order valence-electron chi connectivity index (χ4n) is 5.55. The fourth-order valence-corrected chi connectivity index (χ4v) is 6.80. The molecule has 0 saturated carbocycles. The molecule has 0 aromatic heterocycles. The van der Waals surface area contributed by atoms with Crippen LogP contribution in [0.15, 0.2) is 94.7 Å². The van der Waals surface area contributed by atoms with E-state index in [-0.39, 0.29) is 55.0 Å². The molecule has 0 saturated heterocycles. The van der Waals surface area contributed by atoms with Crippen LogP contribution < -0.4 is 14.6 Å². The summed E-state index contributed by atoms with van der Waals surface area (Å²) in [6.07, 6.45) is 16.4. The molecule has 4 aromatic rings. The molecule has 0 atom stereocenters. The Balaban J connectivity index is 0.000000360. The summed E-state index contributed by atoms with van der Waals surface area (Å²) in [6, 6.07) is 21.6. The van der Waals surface area contributed by atoms with Gasteiger partial charge in [-0.15, -0.1) is 5.75 Å². The SMILES string of the molecule is CCCCCCCCc1cccc(Oc2ccc(O)cc2S(=O)(=O)O)c1.CCCCCCCCc1cccc(Oc2ccc([O-])cc2S(=O)(=O)[O-])c1.[Ca+2]. The van der Waals surface area contributed by atoms with Crippen molar-refractivity contribution in [2.75, 3.05) is 0 Å². The molecule has 4 aromatic carbocycles. The summed E-state index contributed by atoms with van der Waals surface area (Å²) >= 11 is 0. The van der Waals surface area contributed by atoms with Crippen molar-refractivity contribution in [1.82, 2.24) is 0 Å². The molecule has 10 nitrogen and oxygen atoms in total. The van der Waals surface area contributed by atoms with Crippen LogP contribution in [0.4, 0.5) is 0 Å². The van der Waals surface area contributed by atoms with Crippen molar-refractivity contribution < 1.29 is 45.6 Å². The second-order valence-electron chi connectivity index (χ2n) is 12.7. The Kier molecular flexibility index (Phi) is 20.8. The van der Waals surface area contributed by atoms with E-state index in [1.165, 1.54) is 88.5 Å². The zero-order chi connectivity index (χ0) is 38.0. The van der Waals surface area contributed by atoms with Gasteiger partial charge in [-0.3, -0.25) is 4.55 Å². The van der Waals surface area contributed by atoms with Gasteiger partial charge in [0, 0.05) is 6.07 Å². The Morgan fingerprint density at radius 1 is 0.585 bits per heavy atom. The van der Waals surface area contributed by atoms with Crippen molar-refractivity contribution in [3.05, 3.63) is 96.1 Å². The van der Waals surface area contributed by atoms with Gasteiger partial charge in [0.05, 0.1) is 4.90 Å². The molecule has 0 aliphatic carbocycles. The number of benzene rings is 4. The summed E-state index contributed by atoms with van der Waals surface area (Å²) in [4.78, 5) is -1.09. The van der Waals surface area contributed by atoms with Crippen LogP contribution in [0.1, 0.15) is 102 Å². The molecule has 0 radical (unpaired) electrons. The van der Waals surface area contributed by atoms with E-state index in [9.17, 15) is 36.2 Å². The number of rotatable bonds is 20. The van der Waals surface area contributed by atoms with Crippen molar-refractivity contribution in [2.45, 2.75) is 114 Å². The standard InChI is InChI=1S/2C20H26O5S.Ca/c2*1-2-3-4-5-6-7-9-16-10-8-11-18(14-16)25-19-13-12-17(21)15-20(19)26(22,23)24;/h2*8,10-15,21H,2-7,9H2,1H3,(H,22,23,24);/q;;+2/p-2. The Morgan fingerprint density at radius 3 is 1.51 bits per heavy atom. The van der Waals surface area contributed by atoms with Gasteiger partial charge in [-0.25, -0.2) is 8.42 Å². The summed E-state index contributed by atoms with van der Waals surface area (Å²) in [5.41, 5.74) is 2.20. The third-order valence-electron chi connectivity index (χ3n) is 8.28. The third kappa shape index (κ3) is 17.4. The predicted molar refractivity (Wildman–Crippen MR) is 205 cm³/mol. The van der Waals surface area contributed by atoms with E-state index in [1.807, 2.05) is 36.4 Å². The first-order chi connectivity index (χ1) is 24.8. The Hall–Kier alpha value is -2.84. The predicted octanol–water partition coefficient (Wildman–Crippen LogP) is 9.31. The minimum atomic E-state index is -4.79. The maximum atomic E-state index is 11.5. The zero-order valence-corrected chi connectivity index (χ0v) is 34.5. The molecule has 4 rings (SSSR count). The van der Waals surface area contributed by atoms with Gasteiger partial charge in [-0.2, -0.15) is 8.42 Å². The van der Waals surface area contributed by atoms with E-state index < -0.39 is 35.8 Å². The molecule has 2 N–H and O–H groups in total. The number of unbranched alkanes of at least 4 members (excludes halogenated alkanes) is 10. The minimum absolute atomic E-state index is 0. The monoisotopic (exact) mass is 794 g/mol. The van der Waals surface area contributed by atoms with Crippen LogP contribution in [0.3, 0.4) is 0 Å². The number of aromatic hydroxyl groups is 1. The number of phenolic OH excluding ortho intramolecular Hbond substituents is 1. The molecule has 0 heterocycles. The van der Waals surface area contributed by atoms with Crippen molar-refractivity contribution in [3.8, 4) is 34.5 Å². The van der Waals surface area contributed by atoms with Gasteiger partial charge in [0.1, 0.15) is 43.8 Å². The number of phenols is 1. The van der Waals surface area contributed by atoms with E-state index in [2.05, 4.69) is 13.8 Å². The molecular weight excluding hydrogens is 745 g/mol. The second kappa shape index (κ2) is 23.8. The zero-order valence-electron chi connectivity index (χ0n) is 30.7. The maximum absolute atomic E-state index is 11.5. The van der Waals surface area contributed by atoms with Gasteiger partial charge < -0.3 is 24.2 Å². The Morgan fingerprint density at radius 2 is 1.04 bits per heavy atom. The van der Waals surface area contributed by atoms with Crippen molar-refractivity contribution in [1.29, 1.82) is 0 Å². The van der Waals surface area contributed by atoms with Crippen LogP contribution in [0.5, 0.6) is 34.5 Å². The minimum Gasteiger partial charge on any atom is -0.872 e. The molecule has 0 fully saturated rings. The average Bonchev–Trinajstić information content (AvgIpc) is 3.09. The second-order valence-corrected chi connectivity index (χ2v) is 15.4. The van der Waals surface area contributed by atoms with Crippen LogP contribution in [-0.2, 0) is 33.1 Å². The van der Waals surface area contributed by atoms with E-state index >= 15 is 0 Å². The summed E-state index contributed by atoms with van der Waals surface area (Å²) < 4.78 is 77.5. The van der Waals surface area contributed by atoms with Gasteiger partial charge in [0.25, 0.3) is 10.1 Å². The van der Waals surface area contributed by atoms with Crippen LogP contribution in [0.2, 0.25) is 0 Å². The van der Waals surface area contributed by atoms with Crippen LogP contribution >= 0.6 is 0 Å². The number of ether oxygens (including phenoxy) is 2. The summed E-state index contributed by atoms with van der Waals surface area (Å²) in [5, 5.41) is 20.8. The molecule has 0 bridgehead atoms. The summed E-state index contributed by atoms with van der Waals surface area (Å²) in [5.74, 6) is -0.0372. The quantitative estimate of drug-likeness (QED) is 0.0499. The van der Waals surface area contributed by atoms with Crippen LogP contribution in [0.25, 0.3) is 0 Å². The van der Waals surface area contributed by atoms with Crippen molar-refractivity contribution in [3.63, 3.8) is 0 Å². The normalized spacial score (nSPS) is 11.2. The third-order valence-corrected chi connectivity index (χ3v) is 10.0. The average molecular weight is 795 g/mol. The smallest absolute Gasteiger partial charge is 0.872 e. The maximum Gasteiger partial charge on any atom is 2.00 e. The van der Waals surface area contributed by atoms with Crippen LogP contribution in [-0.4, -0.2) is 68.8 Å². The summed E-state index contributed by atoms with van der Waals surface area (Å²) in [6.45, 7) is 4.40. The summed E-state index contributed by atoms with van der Waals surface area (Å²) in [7, 11) is -9.28. The van der Waals surface area contributed by atoms with Gasteiger partial charge in [-0.05, 0) is 85.3 Å². The first-order valence-electron chi connectivity index (χ1n) is 17.9. The van der Waals surface area contributed by atoms with E-state index in [4.69, 9.17) is 9.47 Å². The topological polar surface area (TPSA) is 173 Å². The van der Waals surface area contributed by atoms with Crippen molar-refractivity contribution >= 4 is 58.0 Å². The van der Waals surface area contributed by atoms with Gasteiger partial charge in [0.2, 0.25) is 0 Å².